The Labute approximate surface area is 94.2 Å². The maximum Gasteiger partial charge on any atom is 0.321 e. The first-order chi connectivity index (χ1) is 5.63. The van der Waals surface area contributed by atoms with Crippen molar-refractivity contribution in [3.63, 3.8) is 0 Å². The molecule has 0 aliphatic carbocycles. The summed E-state index contributed by atoms with van der Waals surface area (Å²) in [5, 5.41) is 0. The zero-order chi connectivity index (χ0) is 10.7. The van der Waals surface area contributed by atoms with E-state index >= 15 is 0 Å². The number of hydrogen-bond donors (Lipinski definition) is 0. The predicted molar refractivity (Wildman–Crippen MR) is 62.0 cm³/mol. The Kier molecular flexibility index (Phi) is 4.65. The molecule has 0 aliphatic heterocycles. The lowest BCUT2D eigenvalue weighted by Crippen LogP contribution is -2.39. The molecule has 13 heavy (non-hydrogen) atoms. The Bertz CT molecular complexity index is 179. The fraction of sp³-hybridized carbons (Fsp3) is 0.889. The van der Waals surface area contributed by atoms with Gasteiger partial charge in [0.2, 0.25) is 0 Å². The molecule has 78 valence electrons. The molecule has 0 saturated heterocycles. The van der Waals surface area contributed by atoms with Gasteiger partial charge in [-0.2, -0.15) is 0 Å². The van der Waals surface area contributed by atoms with Crippen LogP contribution >= 0.6 is 22.6 Å². The van der Waals surface area contributed by atoms with Crippen molar-refractivity contribution in [2.75, 3.05) is 34.3 Å². The van der Waals surface area contributed by atoms with Crippen molar-refractivity contribution >= 4 is 28.6 Å². The second-order valence-electron chi connectivity index (χ2n) is 4.62. The molecule has 0 fully saturated rings. The summed E-state index contributed by atoms with van der Waals surface area (Å²) in [7, 11) is 6.22. The summed E-state index contributed by atoms with van der Waals surface area (Å²) in [6.07, 6.45) is 0. The van der Waals surface area contributed by atoms with E-state index in [1.54, 1.807) is 0 Å². The van der Waals surface area contributed by atoms with Gasteiger partial charge in [-0.15, -0.1) is 0 Å². The van der Waals surface area contributed by atoms with Crippen LogP contribution in [0.15, 0.2) is 0 Å². The van der Waals surface area contributed by atoms with Gasteiger partial charge in [-0.05, 0) is 13.8 Å². The molecule has 0 aromatic rings. The summed E-state index contributed by atoms with van der Waals surface area (Å²) in [6.45, 7) is 5.04. The molecule has 0 aromatic carbocycles. The third-order valence-corrected chi connectivity index (χ3v) is 1.92. The number of halogens is 1. The topological polar surface area (TPSA) is 26.3 Å². The molecule has 0 amide bonds. The van der Waals surface area contributed by atoms with E-state index in [1.165, 1.54) is 0 Å². The second kappa shape index (κ2) is 4.59. The molecule has 0 saturated carbocycles. The highest BCUT2D eigenvalue weighted by molar-refractivity contribution is 14.1. The first-order valence-corrected chi connectivity index (χ1v) is 5.37. The van der Waals surface area contributed by atoms with Crippen LogP contribution in [0.2, 0.25) is 0 Å². The minimum atomic E-state index is -0.414. The fourth-order valence-corrected chi connectivity index (χ4v) is 0.740. The van der Waals surface area contributed by atoms with Crippen LogP contribution < -0.4 is 0 Å². The number of hydrogen-bond acceptors (Lipinski definition) is 2. The van der Waals surface area contributed by atoms with E-state index in [0.29, 0.717) is 6.61 Å². The number of nitrogens with zero attached hydrogens (tertiary/aromatic N) is 1. The standard InChI is InChI=1S/C9H19INO2/c1-9(2,10)8(12)13-7-6-11(3,4)5/h6-7H2,1-5H3/q+1. The van der Waals surface area contributed by atoms with Gasteiger partial charge in [0.15, 0.2) is 0 Å². The molecule has 0 rings (SSSR count). The lowest BCUT2D eigenvalue weighted by molar-refractivity contribution is -0.870. The molecule has 0 atom stereocenters. The quantitative estimate of drug-likeness (QED) is 0.340. The van der Waals surface area contributed by atoms with Crippen molar-refractivity contribution in [3.05, 3.63) is 0 Å². The Balaban J connectivity index is 3.74. The molecular formula is C9H19INO2+. The van der Waals surface area contributed by atoms with Crippen LogP contribution in [0.3, 0.4) is 0 Å². The van der Waals surface area contributed by atoms with E-state index in [2.05, 4.69) is 43.7 Å². The Morgan fingerprint density at radius 1 is 1.38 bits per heavy atom. The molecule has 0 heterocycles. The molecule has 3 nitrogen and oxygen atoms in total. The monoisotopic (exact) mass is 300 g/mol. The number of esters is 1. The van der Waals surface area contributed by atoms with Crippen molar-refractivity contribution in [1.29, 1.82) is 0 Å². The van der Waals surface area contributed by atoms with Gasteiger partial charge in [0.1, 0.15) is 16.6 Å². The molecule has 0 spiro atoms. The maximum absolute atomic E-state index is 11.3. The maximum atomic E-state index is 11.3. The van der Waals surface area contributed by atoms with Crippen LogP contribution in [0, 0.1) is 0 Å². The zero-order valence-electron chi connectivity index (χ0n) is 9.06. The third-order valence-electron chi connectivity index (χ3n) is 1.48. The van der Waals surface area contributed by atoms with Crippen molar-refractivity contribution < 1.29 is 14.0 Å². The average Bonchev–Trinajstić information content (AvgIpc) is 1.82. The Hall–Kier alpha value is 0.160. The van der Waals surface area contributed by atoms with Crippen molar-refractivity contribution in [2.24, 2.45) is 0 Å². The fourth-order valence-electron chi connectivity index (χ4n) is 0.584. The van der Waals surface area contributed by atoms with Gasteiger partial charge in [0.05, 0.1) is 21.1 Å². The number of carbonyl (C=O) groups excluding carboxylic acids is 1. The lowest BCUT2D eigenvalue weighted by Gasteiger charge is -2.24. The first-order valence-electron chi connectivity index (χ1n) is 4.29. The van der Waals surface area contributed by atoms with Gasteiger partial charge in [-0.25, -0.2) is 0 Å². The minimum absolute atomic E-state index is 0.137. The summed E-state index contributed by atoms with van der Waals surface area (Å²) in [5.74, 6) is -0.137. The lowest BCUT2D eigenvalue weighted by atomic mass is 10.2. The summed E-state index contributed by atoms with van der Waals surface area (Å²) in [5.41, 5.74) is 0. The largest absolute Gasteiger partial charge is 0.459 e. The van der Waals surface area contributed by atoms with Crippen LogP contribution in [0.25, 0.3) is 0 Å². The van der Waals surface area contributed by atoms with E-state index in [4.69, 9.17) is 4.74 Å². The van der Waals surface area contributed by atoms with Crippen molar-refractivity contribution in [3.8, 4) is 0 Å². The van der Waals surface area contributed by atoms with Crippen LogP contribution in [0.5, 0.6) is 0 Å². The van der Waals surface area contributed by atoms with Gasteiger partial charge >= 0.3 is 5.97 Å². The number of carbonyl (C=O) groups is 1. The van der Waals surface area contributed by atoms with Crippen LogP contribution in [-0.4, -0.2) is 48.2 Å². The molecule has 0 bridgehead atoms. The van der Waals surface area contributed by atoms with E-state index in [-0.39, 0.29) is 5.97 Å². The average molecular weight is 300 g/mol. The van der Waals surface area contributed by atoms with Crippen LogP contribution in [0.1, 0.15) is 13.8 Å². The van der Waals surface area contributed by atoms with E-state index in [1.807, 2.05) is 13.8 Å². The number of rotatable bonds is 4. The van der Waals surface area contributed by atoms with Crippen LogP contribution in [0.4, 0.5) is 0 Å². The van der Waals surface area contributed by atoms with Crippen molar-refractivity contribution in [1.82, 2.24) is 0 Å². The number of ether oxygens (including phenoxy) is 1. The second-order valence-corrected chi connectivity index (χ2v) is 7.32. The molecule has 0 N–H and O–H groups in total. The van der Waals surface area contributed by atoms with Crippen molar-refractivity contribution in [2.45, 2.75) is 17.3 Å². The molecule has 0 aromatic heterocycles. The highest BCUT2D eigenvalue weighted by atomic mass is 127. The highest BCUT2D eigenvalue weighted by Gasteiger charge is 2.25. The van der Waals surface area contributed by atoms with E-state index in [0.717, 1.165) is 11.0 Å². The molecule has 0 unspecified atom stereocenters. The van der Waals surface area contributed by atoms with Crippen LogP contribution in [-0.2, 0) is 9.53 Å². The molecule has 0 aliphatic rings. The normalized spacial score (nSPS) is 12.8. The molecular weight excluding hydrogens is 281 g/mol. The molecule has 4 heteroatoms. The third kappa shape index (κ3) is 7.25. The van der Waals surface area contributed by atoms with E-state index in [9.17, 15) is 4.79 Å². The van der Waals surface area contributed by atoms with Gasteiger partial charge < -0.3 is 9.22 Å². The van der Waals surface area contributed by atoms with Gasteiger partial charge in [0.25, 0.3) is 0 Å². The minimum Gasteiger partial charge on any atom is -0.459 e. The zero-order valence-corrected chi connectivity index (χ0v) is 11.2. The summed E-state index contributed by atoms with van der Waals surface area (Å²) >= 11 is 2.08. The molecule has 0 radical (unpaired) electrons. The first kappa shape index (κ1) is 13.2. The smallest absolute Gasteiger partial charge is 0.321 e. The van der Waals surface area contributed by atoms with Gasteiger partial charge in [-0.3, -0.25) is 4.79 Å². The summed E-state index contributed by atoms with van der Waals surface area (Å²) in [6, 6.07) is 0. The Morgan fingerprint density at radius 3 is 2.15 bits per heavy atom. The van der Waals surface area contributed by atoms with Gasteiger partial charge in [0, 0.05) is 0 Å². The van der Waals surface area contributed by atoms with E-state index < -0.39 is 3.42 Å². The van der Waals surface area contributed by atoms with Gasteiger partial charge in [-0.1, -0.05) is 22.6 Å². The number of alkyl halides is 1. The predicted octanol–water partition coefficient (Wildman–Crippen LogP) is 1.45. The number of quaternary nitrogens is 1. The highest BCUT2D eigenvalue weighted by Crippen LogP contribution is 2.18. The Morgan fingerprint density at radius 2 is 1.85 bits per heavy atom. The number of likely N-dealkylation sites (N-methyl/N-ethyl adjacent to an activating group) is 1. The summed E-state index contributed by atoms with van der Waals surface area (Å²) in [4.78, 5) is 11.3. The summed E-state index contributed by atoms with van der Waals surface area (Å²) < 4.78 is 5.52. The SMILES string of the molecule is CC(C)(I)C(=O)OCC[N+](C)(C)C.